The van der Waals surface area contributed by atoms with Crippen LogP contribution in [0.5, 0.6) is 0 Å². The van der Waals surface area contributed by atoms with Crippen molar-refractivity contribution >= 4 is 29.3 Å². The molecule has 2 atom stereocenters. The van der Waals surface area contributed by atoms with Crippen LogP contribution in [0.1, 0.15) is 41.0 Å². The number of nitrogens with one attached hydrogen (secondary N) is 3. The van der Waals surface area contributed by atoms with Gasteiger partial charge in [0.2, 0.25) is 0 Å². The fraction of sp³-hybridized carbons (Fsp3) is 0.263. The minimum absolute atomic E-state index is 0.142. The number of rotatable bonds is 6. The van der Waals surface area contributed by atoms with Crippen molar-refractivity contribution in [2.24, 2.45) is 5.92 Å². The maximum absolute atomic E-state index is 12.5. The predicted molar refractivity (Wildman–Crippen MR) is 102 cm³/mol. The van der Waals surface area contributed by atoms with Gasteiger partial charge in [-0.1, -0.05) is 31.9 Å². The van der Waals surface area contributed by atoms with E-state index in [1.54, 1.807) is 42.6 Å². The van der Waals surface area contributed by atoms with Gasteiger partial charge in [0.15, 0.2) is 0 Å². The van der Waals surface area contributed by atoms with Gasteiger partial charge in [-0.3, -0.25) is 30.2 Å². The third-order valence-corrected chi connectivity index (χ3v) is 4.36. The lowest BCUT2D eigenvalue weighted by molar-refractivity contribution is -0.124. The van der Waals surface area contributed by atoms with Gasteiger partial charge in [-0.05, 0) is 42.3 Å². The molecule has 1 aromatic carbocycles. The van der Waals surface area contributed by atoms with Crippen molar-refractivity contribution in [3.8, 4) is 0 Å². The molecule has 0 saturated heterocycles. The summed E-state index contributed by atoms with van der Waals surface area (Å²) in [4.78, 5) is 40.8. The minimum Gasteiger partial charge on any atom is -0.340 e. The number of carbonyl (C=O) groups excluding carboxylic acids is 3. The van der Waals surface area contributed by atoms with Crippen molar-refractivity contribution in [2.75, 3.05) is 0 Å². The molecule has 2 unspecified atom stereocenters. The zero-order valence-electron chi connectivity index (χ0n) is 15.0. The summed E-state index contributed by atoms with van der Waals surface area (Å²) in [5.74, 6) is -1.55. The average Bonchev–Trinajstić information content (AvgIpc) is 2.70. The largest absolute Gasteiger partial charge is 0.340 e. The van der Waals surface area contributed by atoms with E-state index in [1.807, 2.05) is 13.8 Å². The topological polar surface area (TPSA) is 100 Å². The molecule has 27 heavy (non-hydrogen) atoms. The molecular formula is C19H21ClN4O3. The van der Waals surface area contributed by atoms with Gasteiger partial charge in [0.25, 0.3) is 17.7 Å². The van der Waals surface area contributed by atoms with Crippen LogP contribution in [0.2, 0.25) is 5.02 Å². The van der Waals surface area contributed by atoms with E-state index in [9.17, 15) is 14.4 Å². The van der Waals surface area contributed by atoms with Crippen molar-refractivity contribution in [1.82, 2.24) is 21.2 Å². The molecule has 8 heteroatoms. The molecule has 0 aliphatic rings. The normalized spacial score (nSPS) is 12.6. The van der Waals surface area contributed by atoms with Crippen LogP contribution in [0.4, 0.5) is 0 Å². The highest BCUT2D eigenvalue weighted by molar-refractivity contribution is 6.30. The Morgan fingerprint density at radius 2 is 1.74 bits per heavy atom. The van der Waals surface area contributed by atoms with E-state index in [2.05, 4.69) is 21.2 Å². The predicted octanol–water partition coefficient (Wildman–Crippen LogP) is 2.34. The molecule has 0 aliphatic heterocycles. The Kier molecular flexibility index (Phi) is 7.31. The van der Waals surface area contributed by atoms with Crippen LogP contribution >= 0.6 is 11.6 Å². The van der Waals surface area contributed by atoms with Gasteiger partial charge in [0.05, 0.1) is 5.56 Å². The summed E-state index contributed by atoms with van der Waals surface area (Å²) in [6, 6.07) is 8.73. The van der Waals surface area contributed by atoms with Crippen LogP contribution in [0.3, 0.4) is 0 Å². The first-order chi connectivity index (χ1) is 12.9. The maximum Gasteiger partial charge on any atom is 0.271 e. The number of carbonyl (C=O) groups is 3. The Bertz CT molecular complexity index is 796. The molecule has 1 aromatic heterocycles. The lowest BCUT2D eigenvalue weighted by atomic mass is 9.98. The fourth-order valence-electron chi connectivity index (χ4n) is 2.29. The summed E-state index contributed by atoms with van der Waals surface area (Å²) in [5.41, 5.74) is 5.39. The zero-order chi connectivity index (χ0) is 19.8. The van der Waals surface area contributed by atoms with Crippen LogP contribution < -0.4 is 16.2 Å². The van der Waals surface area contributed by atoms with Gasteiger partial charge >= 0.3 is 0 Å². The second-order valence-electron chi connectivity index (χ2n) is 6.03. The molecule has 3 amide bonds. The quantitative estimate of drug-likeness (QED) is 0.661. The summed E-state index contributed by atoms with van der Waals surface area (Å²) in [6.45, 7) is 3.75. The number of benzene rings is 1. The minimum atomic E-state index is -0.813. The Morgan fingerprint density at radius 3 is 2.33 bits per heavy atom. The van der Waals surface area contributed by atoms with Gasteiger partial charge in [-0.15, -0.1) is 0 Å². The van der Waals surface area contributed by atoms with Gasteiger partial charge in [0, 0.05) is 23.0 Å². The molecule has 0 bridgehead atoms. The van der Waals surface area contributed by atoms with Crippen LogP contribution in [0, 0.1) is 5.92 Å². The number of aromatic nitrogens is 1. The molecule has 2 aromatic rings. The van der Waals surface area contributed by atoms with Crippen LogP contribution in [-0.2, 0) is 4.79 Å². The lowest BCUT2D eigenvalue weighted by Gasteiger charge is -2.23. The summed E-state index contributed by atoms with van der Waals surface area (Å²) >= 11 is 5.83. The number of hydrogen-bond donors (Lipinski definition) is 3. The Labute approximate surface area is 162 Å². The maximum atomic E-state index is 12.5. The van der Waals surface area contributed by atoms with Crippen molar-refractivity contribution in [2.45, 2.75) is 26.3 Å². The van der Waals surface area contributed by atoms with E-state index in [1.165, 1.54) is 6.20 Å². The molecule has 1 heterocycles. The molecular weight excluding hydrogens is 368 g/mol. The third-order valence-electron chi connectivity index (χ3n) is 4.11. The highest BCUT2D eigenvalue weighted by Gasteiger charge is 2.26. The van der Waals surface area contributed by atoms with E-state index in [0.717, 1.165) is 0 Å². The highest BCUT2D eigenvalue weighted by Crippen LogP contribution is 2.12. The monoisotopic (exact) mass is 388 g/mol. The Morgan fingerprint density at radius 1 is 1.04 bits per heavy atom. The second-order valence-corrected chi connectivity index (χ2v) is 6.47. The van der Waals surface area contributed by atoms with Gasteiger partial charge in [-0.2, -0.15) is 0 Å². The van der Waals surface area contributed by atoms with Crippen molar-refractivity contribution in [3.63, 3.8) is 0 Å². The van der Waals surface area contributed by atoms with Gasteiger partial charge in [0.1, 0.15) is 6.04 Å². The van der Waals surface area contributed by atoms with E-state index in [0.29, 0.717) is 22.6 Å². The van der Waals surface area contributed by atoms with Crippen molar-refractivity contribution in [3.05, 3.63) is 64.9 Å². The molecule has 0 radical (unpaired) electrons. The van der Waals surface area contributed by atoms with Crippen molar-refractivity contribution < 1.29 is 14.4 Å². The molecule has 7 nitrogen and oxygen atoms in total. The van der Waals surface area contributed by atoms with E-state index >= 15 is 0 Å². The van der Waals surface area contributed by atoms with Gasteiger partial charge < -0.3 is 5.32 Å². The van der Waals surface area contributed by atoms with Crippen molar-refractivity contribution in [1.29, 1.82) is 0 Å². The summed E-state index contributed by atoms with van der Waals surface area (Å²) < 4.78 is 0. The van der Waals surface area contributed by atoms with Crippen LogP contribution in [0.25, 0.3) is 0 Å². The molecule has 0 saturated carbocycles. The first-order valence-corrected chi connectivity index (χ1v) is 8.86. The van der Waals surface area contributed by atoms with Gasteiger partial charge in [-0.25, -0.2) is 0 Å². The fourth-order valence-corrected chi connectivity index (χ4v) is 2.42. The summed E-state index contributed by atoms with van der Waals surface area (Å²) in [6.07, 6.45) is 3.59. The molecule has 2 rings (SSSR count). The molecule has 142 valence electrons. The van der Waals surface area contributed by atoms with E-state index in [-0.39, 0.29) is 5.92 Å². The summed E-state index contributed by atoms with van der Waals surface area (Å²) in [7, 11) is 0. The standard InChI is InChI=1S/C19H21ClN4O3/c1-3-12(2)16(22-17(25)13-6-8-15(20)9-7-13)19(27)24-23-18(26)14-5-4-10-21-11-14/h4-12,16H,3H2,1-2H3,(H,22,25)(H,23,26)(H,24,27). The summed E-state index contributed by atoms with van der Waals surface area (Å²) in [5, 5.41) is 3.22. The molecule has 0 spiro atoms. The number of hydrazine groups is 1. The smallest absolute Gasteiger partial charge is 0.271 e. The average molecular weight is 389 g/mol. The second kappa shape index (κ2) is 9.68. The number of halogens is 1. The van der Waals surface area contributed by atoms with E-state index in [4.69, 9.17) is 11.6 Å². The van der Waals surface area contributed by atoms with Crippen LogP contribution in [0.15, 0.2) is 48.8 Å². The number of hydrogen-bond acceptors (Lipinski definition) is 4. The highest BCUT2D eigenvalue weighted by atomic mass is 35.5. The number of pyridine rings is 1. The van der Waals surface area contributed by atoms with Crippen LogP contribution in [-0.4, -0.2) is 28.7 Å². The molecule has 0 fully saturated rings. The Balaban J connectivity index is 2.02. The molecule has 0 aliphatic carbocycles. The number of amides is 3. The SMILES string of the molecule is CCC(C)C(NC(=O)c1ccc(Cl)cc1)C(=O)NNC(=O)c1cccnc1. The van der Waals surface area contributed by atoms with E-state index < -0.39 is 23.8 Å². The zero-order valence-corrected chi connectivity index (χ0v) is 15.8. The Hall–Kier alpha value is -2.93. The first kappa shape index (κ1) is 20.4. The molecule has 3 N–H and O–H groups in total. The first-order valence-electron chi connectivity index (χ1n) is 8.49. The lowest BCUT2D eigenvalue weighted by Crippen LogP contribution is -2.54. The third kappa shape index (κ3) is 5.79. The number of nitrogens with zero attached hydrogens (tertiary/aromatic N) is 1.